The quantitative estimate of drug-likeness (QED) is 0.583. The lowest BCUT2D eigenvalue weighted by Crippen LogP contribution is -2.32. The molecule has 0 amide bonds. The average molecular weight is 278 g/mol. The van der Waals surface area contributed by atoms with Crippen LogP contribution in [0.2, 0.25) is 0 Å². The first-order valence-corrected chi connectivity index (χ1v) is 6.42. The van der Waals surface area contributed by atoms with Crippen molar-refractivity contribution in [1.82, 2.24) is 4.98 Å². The Labute approximate surface area is 117 Å². The highest BCUT2D eigenvalue weighted by molar-refractivity contribution is 5.50. The number of pyridine rings is 1. The van der Waals surface area contributed by atoms with Crippen LogP contribution in [0.5, 0.6) is 0 Å². The lowest BCUT2D eigenvalue weighted by Gasteiger charge is -2.29. The monoisotopic (exact) mass is 278 g/mol. The van der Waals surface area contributed by atoms with E-state index in [9.17, 15) is 15.2 Å². The molecule has 1 heterocycles. The summed E-state index contributed by atoms with van der Waals surface area (Å²) in [5.74, 6) is 0.395. The minimum absolute atomic E-state index is 0.0467. The zero-order valence-electron chi connectivity index (χ0n) is 11.6. The normalized spacial score (nSPS) is 10.9. The number of anilines is 1. The minimum atomic E-state index is -0.633. The third-order valence-electron chi connectivity index (χ3n) is 3.66. The number of nitriles is 1. The van der Waals surface area contributed by atoms with Gasteiger partial charge in [-0.2, -0.15) is 5.26 Å². The molecule has 2 N–H and O–H groups in total. The molecule has 1 rings (SSSR count). The highest BCUT2D eigenvalue weighted by atomic mass is 16.6. The fourth-order valence-corrected chi connectivity index (χ4v) is 1.84. The van der Waals surface area contributed by atoms with Gasteiger partial charge >= 0.3 is 5.69 Å². The number of hydrogen-bond donors (Lipinski definition) is 2. The molecular formula is C13H18N4O3. The summed E-state index contributed by atoms with van der Waals surface area (Å²) in [6, 6.07) is 4.44. The molecule has 0 aliphatic rings. The maximum Gasteiger partial charge on any atom is 0.305 e. The highest BCUT2D eigenvalue weighted by Gasteiger charge is 2.25. The Kier molecular flexibility index (Phi) is 5.41. The first-order valence-electron chi connectivity index (χ1n) is 6.42. The van der Waals surface area contributed by atoms with Crippen LogP contribution >= 0.6 is 0 Å². The molecule has 0 atom stereocenters. The van der Waals surface area contributed by atoms with Gasteiger partial charge in [0.05, 0.1) is 11.5 Å². The predicted octanol–water partition coefficient (Wildman–Crippen LogP) is 2.07. The Morgan fingerprint density at radius 3 is 2.60 bits per heavy atom. The zero-order chi connectivity index (χ0) is 15.2. The van der Waals surface area contributed by atoms with Gasteiger partial charge in [0.2, 0.25) is 5.69 Å². The lowest BCUT2D eigenvalue weighted by molar-refractivity contribution is -0.385. The van der Waals surface area contributed by atoms with Crippen LogP contribution in [0.3, 0.4) is 0 Å². The van der Waals surface area contributed by atoms with Crippen molar-refractivity contribution in [2.45, 2.75) is 26.7 Å². The molecule has 0 saturated carbocycles. The van der Waals surface area contributed by atoms with Crippen molar-refractivity contribution >= 4 is 11.5 Å². The topological polar surface area (TPSA) is 112 Å². The Morgan fingerprint density at radius 2 is 2.15 bits per heavy atom. The van der Waals surface area contributed by atoms with E-state index in [-0.39, 0.29) is 23.4 Å². The second kappa shape index (κ2) is 6.82. The summed E-state index contributed by atoms with van der Waals surface area (Å²) in [4.78, 5) is 14.0. The van der Waals surface area contributed by atoms with Crippen LogP contribution in [0.25, 0.3) is 0 Å². The number of nitrogens with zero attached hydrogens (tertiary/aromatic N) is 3. The van der Waals surface area contributed by atoms with Crippen molar-refractivity contribution in [3.63, 3.8) is 0 Å². The van der Waals surface area contributed by atoms with Crippen molar-refractivity contribution < 1.29 is 10.0 Å². The van der Waals surface area contributed by atoms with Gasteiger partial charge in [0.25, 0.3) is 0 Å². The van der Waals surface area contributed by atoms with Crippen molar-refractivity contribution in [2.24, 2.45) is 5.41 Å². The SMILES string of the molecule is CCC(CC)(CO)CNc1ccc([N+](=O)[O-])c(C#N)n1. The second-order valence-corrected chi connectivity index (χ2v) is 4.65. The molecule has 0 saturated heterocycles. The van der Waals surface area contributed by atoms with Crippen molar-refractivity contribution in [3.8, 4) is 6.07 Å². The smallest absolute Gasteiger partial charge is 0.305 e. The fourth-order valence-electron chi connectivity index (χ4n) is 1.84. The summed E-state index contributed by atoms with van der Waals surface area (Å²) >= 11 is 0. The van der Waals surface area contributed by atoms with Gasteiger partial charge in [-0.1, -0.05) is 13.8 Å². The molecule has 0 aliphatic carbocycles. The summed E-state index contributed by atoms with van der Waals surface area (Å²) < 4.78 is 0. The average Bonchev–Trinajstić information content (AvgIpc) is 2.48. The van der Waals surface area contributed by atoms with Gasteiger partial charge in [0, 0.05) is 18.0 Å². The number of rotatable bonds is 7. The zero-order valence-corrected chi connectivity index (χ0v) is 11.6. The van der Waals surface area contributed by atoms with E-state index in [1.165, 1.54) is 12.1 Å². The molecule has 0 spiro atoms. The molecule has 7 heteroatoms. The van der Waals surface area contributed by atoms with E-state index in [1.54, 1.807) is 6.07 Å². The van der Waals surface area contributed by atoms with E-state index < -0.39 is 4.92 Å². The van der Waals surface area contributed by atoms with Crippen LogP contribution in [0.15, 0.2) is 12.1 Å². The van der Waals surface area contributed by atoms with Gasteiger partial charge in [0.15, 0.2) is 0 Å². The number of hydrogen-bond acceptors (Lipinski definition) is 6. The molecule has 108 valence electrons. The van der Waals surface area contributed by atoms with Crippen molar-refractivity contribution in [3.05, 3.63) is 27.9 Å². The van der Waals surface area contributed by atoms with Crippen molar-refractivity contribution in [1.29, 1.82) is 5.26 Å². The standard InChI is InChI=1S/C13H18N4O3/c1-3-13(4-2,9-18)8-15-12-6-5-11(17(19)20)10(7-14)16-12/h5-6,18H,3-4,8-9H2,1-2H3,(H,15,16). The van der Waals surface area contributed by atoms with Gasteiger partial charge < -0.3 is 10.4 Å². The lowest BCUT2D eigenvalue weighted by atomic mass is 9.83. The maximum atomic E-state index is 10.7. The maximum absolute atomic E-state index is 10.7. The summed E-state index contributed by atoms with van der Waals surface area (Å²) in [5, 5.41) is 32.1. The Morgan fingerprint density at radius 1 is 1.50 bits per heavy atom. The van der Waals surface area contributed by atoms with Crippen LogP contribution in [-0.4, -0.2) is 28.2 Å². The second-order valence-electron chi connectivity index (χ2n) is 4.65. The minimum Gasteiger partial charge on any atom is -0.396 e. The molecule has 0 radical (unpaired) electrons. The number of nitro groups is 1. The third-order valence-corrected chi connectivity index (χ3v) is 3.66. The van der Waals surface area contributed by atoms with Gasteiger partial charge in [-0.05, 0) is 18.9 Å². The first-order chi connectivity index (χ1) is 9.51. The van der Waals surface area contributed by atoms with Gasteiger partial charge in [-0.3, -0.25) is 10.1 Å². The number of aliphatic hydroxyl groups excluding tert-OH is 1. The number of aliphatic hydroxyl groups is 1. The third kappa shape index (κ3) is 3.42. The molecule has 1 aromatic rings. The van der Waals surface area contributed by atoms with Crippen LogP contribution in [0, 0.1) is 26.9 Å². The molecular weight excluding hydrogens is 260 g/mol. The van der Waals surface area contributed by atoms with Gasteiger partial charge in [-0.15, -0.1) is 0 Å². The van der Waals surface area contributed by atoms with E-state index in [0.29, 0.717) is 12.4 Å². The van der Waals surface area contributed by atoms with E-state index >= 15 is 0 Å². The van der Waals surface area contributed by atoms with E-state index in [2.05, 4.69) is 10.3 Å². The Balaban J connectivity index is 2.90. The van der Waals surface area contributed by atoms with Crippen LogP contribution in [0.4, 0.5) is 11.5 Å². The fraction of sp³-hybridized carbons (Fsp3) is 0.538. The largest absolute Gasteiger partial charge is 0.396 e. The molecule has 20 heavy (non-hydrogen) atoms. The van der Waals surface area contributed by atoms with E-state index in [0.717, 1.165) is 12.8 Å². The van der Waals surface area contributed by atoms with E-state index in [4.69, 9.17) is 5.26 Å². The summed E-state index contributed by atoms with van der Waals surface area (Å²) in [7, 11) is 0. The van der Waals surface area contributed by atoms with Crippen LogP contribution < -0.4 is 5.32 Å². The van der Waals surface area contributed by atoms with Crippen LogP contribution in [-0.2, 0) is 0 Å². The summed E-state index contributed by atoms with van der Waals surface area (Å²) in [6.45, 7) is 4.52. The summed E-state index contributed by atoms with van der Waals surface area (Å²) in [6.07, 6.45) is 1.59. The Bertz CT molecular complexity index is 513. The van der Waals surface area contributed by atoms with Gasteiger partial charge in [-0.25, -0.2) is 4.98 Å². The predicted molar refractivity (Wildman–Crippen MR) is 74.2 cm³/mol. The molecule has 7 nitrogen and oxygen atoms in total. The highest BCUT2D eigenvalue weighted by Crippen LogP contribution is 2.26. The van der Waals surface area contributed by atoms with Gasteiger partial charge in [0.1, 0.15) is 11.9 Å². The number of aromatic nitrogens is 1. The summed E-state index contributed by atoms with van der Waals surface area (Å²) in [5.41, 5.74) is -0.781. The van der Waals surface area contributed by atoms with Crippen LogP contribution in [0.1, 0.15) is 32.4 Å². The van der Waals surface area contributed by atoms with E-state index in [1.807, 2.05) is 13.8 Å². The number of nitrogens with one attached hydrogen (secondary N) is 1. The molecule has 0 aliphatic heterocycles. The molecule has 1 aromatic heterocycles. The molecule has 0 aromatic carbocycles. The first kappa shape index (κ1) is 15.9. The Hall–Kier alpha value is -2.20. The molecule has 0 unspecified atom stereocenters. The molecule has 0 fully saturated rings. The molecule has 0 bridgehead atoms. The van der Waals surface area contributed by atoms with Crippen molar-refractivity contribution in [2.75, 3.05) is 18.5 Å².